The molecule has 0 saturated heterocycles. The zero-order valence-electron chi connectivity index (χ0n) is 7.51. The summed E-state index contributed by atoms with van der Waals surface area (Å²) in [6.07, 6.45) is 1.98. The summed E-state index contributed by atoms with van der Waals surface area (Å²) in [6.45, 7) is 3.15. The highest BCUT2D eigenvalue weighted by molar-refractivity contribution is 5.66. The Morgan fingerprint density at radius 2 is 2.25 bits per heavy atom. The van der Waals surface area contributed by atoms with E-state index in [9.17, 15) is 4.79 Å². The minimum absolute atomic E-state index is 0.172. The normalized spacial score (nSPS) is 9.50. The summed E-state index contributed by atoms with van der Waals surface area (Å²) in [5.74, 6) is 0. The van der Waals surface area contributed by atoms with Gasteiger partial charge in [-0.05, 0) is 19.3 Å². The number of alkyl carbamates (subject to hydrolysis) is 1. The molecule has 0 rings (SSSR count). The molecule has 0 heterocycles. The smallest absolute Gasteiger partial charge is 0.407 e. The Morgan fingerprint density at radius 1 is 1.50 bits per heavy atom. The molecule has 4 heteroatoms. The maximum atomic E-state index is 10.8. The number of aliphatic hydroxyl groups excluding tert-OH is 1. The van der Waals surface area contributed by atoms with Gasteiger partial charge in [-0.25, -0.2) is 4.79 Å². The van der Waals surface area contributed by atoms with Crippen molar-refractivity contribution in [3.8, 4) is 0 Å². The summed E-state index contributed by atoms with van der Waals surface area (Å²) in [7, 11) is 0. The van der Waals surface area contributed by atoms with Gasteiger partial charge in [0.2, 0.25) is 0 Å². The van der Waals surface area contributed by atoms with E-state index in [0.717, 1.165) is 12.8 Å². The van der Waals surface area contributed by atoms with Crippen LogP contribution in [0.25, 0.3) is 0 Å². The Hall–Kier alpha value is -0.770. The van der Waals surface area contributed by atoms with Gasteiger partial charge in [0.05, 0.1) is 6.61 Å². The molecule has 0 unspecified atom stereocenters. The Kier molecular flexibility index (Phi) is 7.79. The molecule has 0 aromatic carbocycles. The molecule has 0 aliphatic heterocycles. The number of nitrogens with one attached hydrogen (secondary N) is 1. The fourth-order valence-electron chi connectivity index (χ4n) is 0.673. The minimum atomic E-state index is -0.366. The molecule has 0 radical (unpaired) electrons. The number of unbranched alkanes of at least 4 members (excludes halogenated alkanes) is 1. The van der Waals surface area contributed by atoms with Crippen molar-refractivity contribution in [1.82, 2.24) is 5.32 Å². The summed E-state index contributed by atoms with van der Waals surface area (Å²) in [6, 6.07) is 0. The molecule has 0 aliphatic rings. The fraction of sp³-hybridized carbons (Fsp3) is 0.875. The predicted octanol–water partition coefficient (Wildman–Crippen LogP) is 0.895. The molecule has 0 bridgehead atoms. The topological polar surface area (TPSA) is 58.6 Å². The van der Waals surface area contributed by atoms with E-state index in [-0.39, 0.29) is 12.7 Å². The maximum absolute atomic E-state index is 10.8. The van der Waals surface area contributed by atoms with Crippen LogP contribution in [0, 0.1) is 0 Å². The first kappa shape index (κ1) is 11.2. The molecule has 72 valence electrons. The Morgan fingerprint density at radius 3 is 2.83 bits per heavy atom. The van der Waals surface area contributed by atoms with Crippen LogP contribution in [0.2, 0.25) is 0 Å². The van der Waals surface area contributed by atoms with Crippen LogP contribution in [-0.2, 0) is 4.74 Å². The molecule has 0 atom stereocenters. The first-order chi connectivity index (χ1) is 5.81. The second kappa shape index (κ2) is 8.33. The minimum Gasteiger partial charge on any atom is -0.450 e. The number of amides is 1. The third-order valence-corrected chi connectivity index (χ3v) is 1.29. The second-order valence-electron chi connectivity index (χ2n) is 2.49. The third-order valence-electron chi connectivity index (χ3n) is 1.29. The molecule has 0 aromatic rings. The van der Waals surface area contributed by atoms with Crippen LogP contribution in [0.4, 0.5) is 4.79 Å². The SMILES string of the molecule is CCCOC(=O)NCCCCO. The first-order valence-electron chi connectivity index (χ1n) is 4.32. The average Bonchev–Trinajstić information content (AvgIpc) is 2.09. The maximum Gasteiger partial charge on any atom is 0.407 e. The summed E-state index contributed by atoms with van der Waals surface area (Å²) >= 11 is 0. The molecule has 0 saturated carbocycles. The molecule has 2 N–H and O–H groups in total. The number of aliphatic hydroxyl groups is 1. The molecule has 0 spiro atoms. The van der Waals surface area contributed by atoms with Gasteiger partial charge >= 0.3 is 6.09 Å². The van der Waals surface area contributed by atoms with Crippen LogP contribution in [0.1, 0.15) is 26.2 Å². The van der Waals surface area contributed by atoms with Crippen molar-refractivity contribution < 1.29 is 14.6 Å². The van der Waals surface area contributed by atoms with Crippen molar-refractivity contribution >= 4 is 6.09 Å². The van der Waals surface area contributed by atoms with Crippen LogP contribution in [0.5, 0.6) is 0 Å². The van der Waals surface area contributed by atoms with Gasteiger partial charge in [0, 0.05) is 13.2 Å². The standard InChI is InChI=1S/C8H17NO3/c1-2-7-12-8(11)9-5-3-4-6-10/h10H,2-7H2,1H3,(H,9,11). The summed E-state index contributed by atoms with van der Waals surface area (Å²) in [5.41, 5.74) is 0. The highest BCUT2D eigenvalue weighted by Gasteiger charge is 1.97. The Bertz CT molecular complexity index is 117. The van der Waals surface area contributed by atoms with Gasteiger partial charge in [-0.1, -0.05) is 6.92 Å². The zero-order valence-corrected chi connectivity index (χ0v) is 7.51. The van der Waals surface area contributed by atoms with Gasteiger partial charge in [-0.15, -0.1) is 0 Å². The zero-order chi connectivity index (χ0) is 9.23. The summed E-state index contributed by atoms with van der Waals surface area (Å²) in [5, 5.41) is 11.0. The Labute approximate surface area is 72.9 Å². The van der Waals surface area contributed by atoms with E-state index >= 15 is 0 Å². The Balaban J connectivity index is 3.08. The van der Waals surface area contributed by atoms with Gasteiger partial charge in [-0.3, -0.25) is 0 Å². The molecule has 0 aromatic heterocycles. The van der Waals surface area contributed by atoms with Crippen molar-refractivity contribution in [3.05, 3.63) is 0 Å². The number of rotatable bonds is 6. The molecular weight excluding hydrogens is 158 g/mol. The van der Waals surface area contributed by atoms with Gasteiger partial charge in [-0.2, -0.15) is 0 Å². The van der Waals surface area contributed by atoms with Crippen LogP contribution in [0.3, 0.4) is 0 Å². The van der Waals surface area contributed by atoms with Crippen molar-refractivity contribution in [2.45, 2.75) is 26.2 Å². The van der Waals surface area contributed by atoms with E-state index in [2.05, 4.69) is 5.32 Å². The van der Waals surface area contributed by atoms with Crippen LogP contribution in [-0.4, -0.2) is 31.0 Å². The summed E-state index contributed by atoms with van der Waals surface area (Å²) in [4.78, 5) is 10.8. The van der Waals surface area contributed by atoms with Crippen molar-refractivity contribution in [3.63, 3.8) is 0 Å². The molecule has 1 amide bonds. The second-order valence-corrected chi connectivity index (χ2v) is 2.49. The number of ether oxygens (including phenoxy) is 1. The van der Waals surface area contributed by atoms with E-state index in [4.69, 9.17) is 9.84 Å². The molecule has 0 fully saturated rings. The first-order valence-corrected chi connectivity index (χ1v) is 4.32. The number of carbonyl (C=O) groups is 1. The van der Waals surface area contributed by atoms with Gasteiger partial charge in [0.15, 0.2) is 0 Å². The lowest BCUT2D eigenvalue weighted by Crippen LogP contribution is -2.25. The quantitative estimate of drug-likeness (QED) is 0.589. The van der Waals surface area contributed by atoms with Crippen LogP contribution < -0.4 is 5.32 Å². The lowest BCUT2D eigenvalue weighted by atomic mass is 10.3. The van der Waals surface area contributed by atoms with E-state index in [1.165, 1.54) is 0 Å². The highest BCUT2D eigenvalue weighted by Crippen LogP contribution is 1.86. The van der Waals surface area contributed by atoms with E-state index in [1.807, 2.05) is 6.92 Å². The van der Waals surface area contributed by atoms with E-state index in [0.29, 0.717) is 19.6 Å². The average molecular weight is 175 g/mol. The monoisotopic (exact) mass is 175 g/mol. The van der Waals surface area contributed by atoms with Crippen molar-refractivity contribution in [2.24, 2.45) is 0 Å². The lowest BCUT2D eigenvalue weighted by molar-refractivity contribution is 0.146. The molecular formula is C8H17NO3. The number of hydrogen-bond donors (Lipinski definition) is 2. The molecule has 4 nitrogen and oxygen atoms in total. The van der Waals surface area contributed by atoms with Crippen molar-refractivity contribution in [1.29, 1.82) is 0 Å². The number of carbonyl (C=O) groups excluding carboxylic acids is 1. The molecule has 0 aliphatic carbocycles. The highest BCUT2D eigenvalue weighted by atomic mass is 16.5. The van der Waals surface area contributed by atoms with Gasteiger partial charge < -0.3 is 15.2 Å². The number of hydrogen-bond acceptors (Lipinski definition) is 3. The molecule has 12 heavy (non-hydrogen) atoms. The van der Waals surface area contributed by atoms with E-state index in [1.54, 1.807) is 0 Å². The van der Waals surface area contributed by atoms with Gasteiger partial charge in [0.25, 0.3) is 0 Å². The van der Waals surface area contributed by atoms with Crippen LogP contribution in [0.15, 0.2) is 0 Å². The lowest BCUT2D eigenvalue weighted by Gasteiger charge is -2.04. The van der Waals surface area contributed by atoms with E-state index < -0.39 is 0 Å². The van der Waals surface area contributed by atoms with Crippen molar-refractivity contribution in [2.75, 3.05) is 19.8 Å². The fourth-order valence-corrected chi connectivity index (χ4v) is 0.673. The van der Waals surface area contributed by atoms with Gasteiger partial charge in [0.1, 0.15) is 0 Å². The third kappa shape index (κ3) is 7.34. The van der Waals surface area contributed by atoms with Crippen LogP contribution >= 0.6 is 0 Å². The predicted molar refractivity (Wildman–Crippen MR) is 46.0 cm³/mol. The largest absolute Gasteiger partial charge is 0.450 e. The summed E-state index contributed by atoms with van der Waals surface area (Å²) < 4.78 is 4.76.